The van der Waals surface area contributed by atoms with E-state index in [4.69, 9.17) is 20.4 Å². The zero-order chi connectivity index (χ0) is 23.8. The van der Waals surface area contributed by atoms with Crippen LogP contribution in [0.4, 0.5) is 11.5 Å². The third-order valence-corrected chi connectivity index (χ3v) is 5.77. The number of benzene rings is 3. The molecule has 7 heteroatoms. The van der Waals surface area contributed by atoms with Crippen molar-refractivity contribution >= 4 is 39.6 Å². The zero-order valence-electron chi connectivity index (χ0n) is 19.3. The number of carbonyl (C=O) groups excluding carboxylic acids is 1. The van der Waals surface area contributed by atoms with E-state index in [1.54, 1.807) is 4.57 Å². The molecule has 0 saturated heterocycles. The maximum atomic E-state index is 13.5. The maximum absolute atomic E-state index is 13.5. The van der Waals surface area contributed by atoms with Crippen LogP contribution in [0.2, 0.25) is 0 Å². The molecule has 3 aromatic carbocycles. The molecule has 0 aliphatic heterocycles. The number of hydrogen-bond acceptors (Lipinski definition) is 5. The van der Waals surface area contributed by atoms with Gasteiger partial charge >= 0.3 is 0 Å². The summed E-state index contributed by atoms with van der Waals surface area (Å²) in [6, 6.07) is 21.0. The van der Waals surface area contributed by atoms with Gasteiger partial charge in [-0.2, -0.15) is 0 Å². The SMILES string of the molecule is CCOc1ccc(-n2c(N)c(C(=O)Nc3cc(C)ccc3C)c3nc4ccccc4nc32)cc1. The largest absolute Gasteiger partial charge is 0.494 e. The standard InChI is InChI=1S/C27H25N5O2/c1-4-34-19-13-11-18(12-14-19)32-25(28)23(27(33)31-22-15-16(2)9-10-17(22)3)24-26(32)30-21-8-6-5-7-20(21)29-24/h5-15H,4,28H2,1-3H3,(H,31,33). The van der Waals surface area contributed by atoms with E-state index in [-0.39, 0.29) is 11.7 Å². The number of hydrogen-bond donors (Lipinski definition) is 2. The Balaban J connectivity index is 1.71. The number of fused-ring (bicyclic) bond motifs is 2. The quantitative estimate of drug-likeness (QED) is 0.372. The van der Waals surface area contributed by atoms with Gasteiger partial charge in [0.05, 0.1) is 17.6 Å². The third-order valence-electron chi connectivity index (χ3n) is 5.77. The van der Waals surface area contributed by atoms with E-state index >= 15 is 0 Å². The molecule has 0 spiro atoms. The van der Waals surface area contributed by atoms with Crippen molar-refractivity contribution in [2.45, 2.75) is 20.8 Å². The Morgan fingerprint density at radius 3 is 2.41 bits per heavy atom. The first kappa shape index (κ1) is 21.5. The molecule has 170 valence electrons. The summed E-state index contributed by atoms with van der Waals surface area (Å²) in [6.45, 7) is 6.45. The van der Waals surface area contributed by atoms with Gasteiger partial charge in [-0.05, 0) is 74.4 Å². The highest BCUT2D eigenvalue weighted by molar-refractivity contribution is 6.16. The van der Waals surface area contributed by atoms with Gasteiger partial charge in [-0.1, -0.05) is 24.3 Å². The highest BCUT2D eigenvalue weighted by atomic mass is 16.5. The van der Waals surface area contributed by atoms with Crippen LogP contribution in [0, 0.1) is 13.8 Å². The van der Waals surface area contributed by atoms with Gasteiger partial charge in [0.15, 0.2) is 5.65 Å². The second-order valence-electron chi connectivity index (χ2n) is 8.18. The number of para-hydroxylation sites is 2. The van der Waals surface area contributed by atoms with Crippen LogP contribution >= 0.6 is 0 Å². The van der Waals surface area contributed by atoms with E-state index in [1.807, 2.05) is 87.5 Å². The highest BCUT2D eigenvalue weighted by Crippen LogP contribution is 2.32. The lowest BCUT2D eigenvalue weighted by molar-refractivity contribution is 0.102. The molecule has 1 amide bonds. The lowest BCUT2D eigenvalue weighted by Crippen LogP contribution is -2.15. The minimum absolute atomic E-state index is 0.275. The molecule has 0 aliphatic rings. The molecule has 0 unspecified atom stereocenters. The molecular formula is C27H25N5O2. The Hall–Kier alpha value is -4.39. The number of nitrogens with two attached hydrogens (primary N) is 1. The molecule has 34 heavy (non-hydrogen) atoms. The lowest BCUT2D eigenvalue weighted by Gasteiger charge is -2.11. The summed E-state index contributed by atoms with van der Waals surface area (Å²) >= 11 is 0. The van der Waals surface area contributed by atoms with Crippen LogP contribution in [0.25, 0.3) is 27.9 Å². The van der Waals surface area contributed by atoms with Gasteiger partial charge in [-0.15, -0.1) is 0 Å². The first-order chi connectivity index (χ1) is 16.5. The summed E-state index contributed by atoms with van der Waals surface area (Å²) in [4.78, 5) is 23.2. The van der Waals surface area contributed by atoms with Crippen LogP contribution in [0.5, 0.6) is 5.75 Å². The number of rotatable bonds is 5. The number of carbonyl (C=O) groups is 1. The van der Waals surface area contributed by atoms with Gasteiger partial charge in [-0.3, -0.25) is 9.36 Å². The molecule has 0 radical (unpaired) electrons. The molecule has 7 nitrogen and oxygen atoms in total. The Kier molecular flexibility index (Phi) is 5.37. The summed E-state index contributed by atoms with van der Waals surface area (Å²) in [7, 11) is 0. The lowest BCUT2D eigenvalue weighted by atomic mass is 10.1. The van der Waals surface area contributed by atoms with E-state index in [0.717, 1.165) is 33.8 Å². The van der Waals surface area contributed by atoms with E-state index in [1.165, 1.54) is 0 Å². The molecule has 5 aromatic rings. The number of amides is 1. The van der Waals surface area contributed by atoms with E-state index in [9.17, 15) is 4.79 Å². The van der Waals surface area contributed by atoms with Crippen molar-refractivity contribution in [3.63, 3.8) is 0 Å². The second kappa shape index (κ2) is 8.51. The Bertz CT molecular complexity index is 1540. The van der Waals surface area contributed by atoms with Gasteiger partial charge in [0.25, 0.3) is 5.91 Å². The number of nitrogens with one attached hydrogen (secondary N) is 1. The number of aryl methyl sites for hydroxylation is 2. The average molecular weight is 452 g/mol. The summed E-state index contributed by atoms with van der Waals surface area (Å²) in [6.07, 6.45) is 0. The molecular weight excluding hydrogens is 426 g/mol. The van der Waals surface area contributed by atoms with Crippen molar-refractivity contribution in [3.8, 4) is 11.4 Å². The molecule has 0 fully saturated rings. The van der Waals surface area contributed by atoms with Crippen molar-refractivity contribution in [2.75, 3.05) is 17.7 Å². The molecule has 0 atom stereocenters. The summed E-state index contributed by atoms with van der Waals surface area (Å²) in [5.74, 6) is 0.702. The molecule has 0 bridgehead atoms. The van der Waals surface area contributed by atoms with Gasteiger partial charge in [0.1, 0.15) is 22.6 Å². The minimum atomic E-state index is -0.328. The normalized spacial score (nSPS) is 11.1. The molecule has 0 saturated carbocycles. The van der Waals surface area contributed by atoms with Crippen molar-refractivity contribution in [2.24, 2.45) is 0 Å². The number of ether oxygens (including phenoxy) is 1. The Morgan fingerprint density at radius 1 is 1.00 bits per heavy atom. The van der Waals surface area contributed by atoms with Gasteiger partial charge in [0, 0.05) is 11.4 Å². The van der Waals surface area contributed by atoms with Crippen LogP contribution in [-0.2, 0) is 0 Å². The highest BCUT2D eigenvalue weighted by Gasteiger charge is 2.25. The van der Waals surface area contributed by atoms with Crippen LogP contribution in [0.15, 0.2) is 66.7 Å². The van der Waals surface area contributed by atoms with Crippen LogP contribution in [0.3, 0.4) is 0 Å². The fraction of sp³-hybridized carbons (Fsp3) is 0.148. The maximum Gasteiger partial charge on any atom is 0.261 e. The first-order valence-corrected chi connectivity index (χ1v) is 11.1. The first-order valence-electron chi connectivity index (χ1n) is 11.1. The van der Waals surface area contributed by atoms with Crippen molar-refractivity contribution in [1.82, 2.24) is 14.5 Å². The Morgan fingerprint density at radius 2 is 1.71 bits per heavy atom. The van der Waals surface area contributed by atoms with Crippen LogP contribution in [-0.4, -0.2) is 27.0 Å². The van der Waals surface area contributed by atoms with E-state index < -0.39 is 0 Å². The summed E-state index contributed by atoms with van der Waals surface area (Å²) in [5, 5.41) is 3.02. The predicted molar refractivity (Wildman–Crippen MR) is 136 cm³/mol. The smallest absolute Gasteiger partial charge is 0.261 e. The summed E-state index contributed by atoms with van der Waals surface area (Å²) in [5.41, 5.74) is 12.8. The fourth-order valence-corrected chi connectivity index (χ4v) is 4.06. The number of aromatic nitrogens is 3. The topological polar surface area (TPSA) is 95.1 Å². The van der Waals surface area contributed by atoms with E-state index in [0.29, 0.717) is 28.9 Å². The van der Waals surface area contributed by atoms with Crippen molar-refractivity contribution in [3.05, 3.63) is 83.4 Å². The van der Waals surface area contributed by atoms with Crippen molar-refractivity contribution in [1.29, 1.82) is 0 Å². The second-order valence-corrected chi connectivity index (χ2v) is 8.18. The van der Waals surface area contributed by atoms with Gasteiger partial charge in [0.2, 0.25) is 0 Å². The van der Waals surface area contributed by atoms with E-state index in [2.05, 4.69) is 5.32 Å². The van der Waals surface area contributed by atoms with Gasteiger partial charge < -0.3 is 15.8 Å². The monoisotopic (exact) mass is 451 g/mol. The van der Waals surface area contributed by atoms with Crippen molar-refractivity contribution < 1.29 is 9.53 Å². The molecule has 3 N–H and O–H groups in total. The number of nitrogen functional groups attached to an aromatic ring is 1. The fourth-order valence-electron chi connectivity index (χ4n) is 4.06. The Labute approximate surface area is 197 Å². The minimum Gasteiger partial charge on any atom is -0.494 e. The molecule has 0 aliphatic carbocycles. The van der Waals surface area contributed by atoms with Crippen LogP contribution in [0.1, 0.15) is 28.4 Å². The predicted octanol–water partition coefficient (Wildman–Crippen LogP) is 5.42. The third kappa shape index (κ3) is 3.71. The van der Waals surface area contributed by atoms with Crippen LogP contribution < -0.4 is 15.8 Å². The number of nitrogens with zero attached hydrogens (tertiary/aromatic N) is 3. The molecule has 2 heterocycles. The van der Waals surface area contributed by atoms with Gasteiger partial charge in [-0.25, -0.2) is 9.97 Å². The zero-order valence-corrected chi connectivity index (χ0v) is 19.3. The average Bonchev–Trinajstić information content (AvgIpc) is 3.11. The molecule has 2 aromatic heterocycles. The number of anilines is 2. The summed E-state index contributed by atoms with van der Waals surface area (Å²) < 4.78 is 7.34. The molecule has 5 rings (SSSR count).